The Morgan fingerprint density at radius 3 is 3.19 bits per heavy atom. The van der Waals surface area contributed by atoms with Crippen LogP contribution in [0.2, 0.25) is 0 Å². The van der Waals surface area contributed by atoms with Crippen LogP contribution >= 0.6 is 0 Å². The lowest BCUT2D eigenvalue weighted by molar-refractivity contribution is 0.306. The maximum atomic E-state index is 5.71. The molecule has 0 bridgehead atoms. The minimum absolute atomic E-state index is 0.359. The number of aryl methyl sites for hydroxylation is 1. The van der Waals surface area contributed by atoms with Crippen molar-refractivity contribution in [2.45, 2.75) is 32.1 Å². The normalized spacial score (nSPS) is 18.6. The third kappa shape index (κ3) is 3.82. The number of hydrogen-bond donors (Lipinski definition) is 1. The lowest BCUT2D eigenvalue weighted by Crippen LogP contribution is -2.28. The van der Waals surface area contributed by atoms with Gasteiger partial charge in [0, 0.05) is 13.0 Å². The molecule has 1 saturated heterocycles. The molecule has 0 aliphatic carbocycles. The largest absolute Gasteiger partial charge is 0.493 e. The smallest absolute Gasteiger partial charge is 0.231 e. The summed E-state index contributed by atoms with van der Waals surface area (Å²) in [4.78, 5) is 4.48. The highest BCUT2D eigenvalue weighted by atomic mass is 16.5. The molecule has 0 radical (unpaired) electrons. The third-order valence-electron chi connectivity index (χ3n) is 3.71. The molecule has 0 amide bonds. The molecule has 1 unspecified atom stereocenters. The van der Waals surface area contributed by atoms with Crippen molar-refractivity contribution in [3.05, 3.63) is 41.5 Å². The summed E-state index contributed by atoms with van der Waals surface area (Å²) in [6, 6.07) is 8.03. The van der Waals surface area contributed by atoms with Gasteiger partial charge in [-0.25, -0.2) is 0 Å². The molecule has 1 fully saturated rings. The molecule has 0 spiro atoms. The van der Waals surface area contributed by atoms with Crippen molar-refractivity contribution in [1.29, 1.82) is 0 Å². The maximum Gasteiger partial charge on any atom is 0.231 e. The lowest BCUT2D eigenvalue weighted by atomic mass is 10.00. The summed E-state index contributed by atoms with van der Waals surface area (Å²) in [7, 11) is 0. The second-order valence-electron chi connectivity index (χ2n) is 5.51. The van der Waals surface area contributed by atoms with E-state index in [4.69, 9.17) is 9.26 Å². The van der Waals surface area contributed by atoms with E-state index in [1.54, 1.807) is 0 Å². The first kappa shape index (κ1) is 14.1. The van der Waals surface area contributed by atoms with Gasteiger partial charge in [-0.3, -0.25) is 0 Å². The summed E-state index contributed by atoms with van der Waals surface area (Å²) in [5.74, 6) is 2.73. The average Bonchev–Trinajstić information content (AvgIpc) is 2.97. The van der Waals surface area contributed by atoms with E-state index < -0.39 is 0 Å². The fourth-order valence-corrected chi connectivity index (χ4v) is 2.56. The van der Waals surface area contributed by atoms with E-state index in [0.29, 0.717) is 18.9 Å². The van der Waals surface area contributed by atoms with Crippen molar-refractivity contribution in [3.63, 3.8) is 0 Å². The van der Waals surface area contributed by atoms with Crippen LogP contribution in [0.15, 0.2) is 28.8 Å². The zero-order chi connectivity index (χ0) is 14.5. The number of aromatic nitrogens is 2. The van der Waals surface area contributed by atoms with Crippen LogP contribution in [0.5, 0.6) is 5.75 Å². The Kier molecular flexibility index (Phi) is 4.50. The third-order valence-corrected chi connectivity index (χ3v) is 3.71. The van der Waals surface area contributed by atoms with E-state index in [9.17, 15) is 0 Å². The van der Waals surface area contributed by atoms with Crippen molar-refractivity contribution >= 4 is 0 Å². The van der Waals surface area contributed by atoms with Crippen LogP contribution in [0.1, 0.15) is 36.0 Å². The summed E-state index contributed by atoms with van der Waals surface area (Å²) in [6.45, 7) is 4.63. The number of hydrogen-bond acceptors (Lipinski definition) is 5. The molecular formula is C16H21N3O2. The monoisotopic (exact) mass is 287 g/mol. The van der Waals surface area contributed by atoms with E-state index >= 15 is 0 Å². The van der Waals surface area contributed by atoms with E-state index in [0.717, 1.165) is 37.0 Å². The van der Waals surface area contributed by atoms with E-state index in [1.165, 1.54) is 12.0 Å². The molecule has 0 saturated carbocycles. The lowest BCUT2D eigenvalue weighted by Gasteiger charge is -2.18. The summed E-state index contributed by atoms with van der Waals surface area (Å²) in [5.41, 5.74) is 1.19. The second-order valence-corrected chi connectivity index (χ2v) is 5.51. The van der Waals surface area contributed by atoms with Crippen molar-refractivity contribution in [3.8, 4) is 5.75 Å². The SMILES string of the molecule is Cc1cccc(OCCc2noc(C3CCCNC3)n2)c1. The van der Waals surface area contributed by atoms with E-state index in [2.05, 4.69) is 28.4 Å². The highest BCUT2D eigenvalue weighted by Gasteiger charge is 2.21. The molecule has 112 valence electrons. The summed E-state index contributed by atoms with van der Waals surface area (Å²) >= 11 is 0. The molecule has 1 aliphatic rings. The Labute approximate surface area is 124 Å². The fraction of sp³-hybridized carbons (Fsp3) is 0.500. The van der Waals surface area contributed by atoms with E-state index in [1.807, 2.05) is 18.2 Å². The molecular weight excluding hydrogens is 266 g/mol. The van der Waals surface area contributed by atoms with Crippen LogP contribution in [0.25, 0.3) is 0 Å². The highest BCUT2D eigenvalue weighted by Crippen LogP contribution is 2.21. The Morgan fingerprint density at radius 1 is 1.43 bits per heavy atom. The van der Waals surface area contributed by atoms with Crippen LogP contribution in [-0.4, -0.2) is 29.8 Å². The highest BCUT2D eigenvalue weighted by molar-refractivity contribution is 5.27. The topological polar surface area (TPSA) is 60.2 Å². The van der Waals surface area contributed by atoms with Crippen LogP contribution in [0, 0.1) is 6.92 Å². The van der Waals surface area contributed by atoms with Crippen LogP contribution in [0.4, 0.5) is 0 Å². The molecule has 1 aromatic heterocycles. The molecule has 1 N–H and O–H groups in total. The summed E-state index contributed by atoms with van der Waals surface area (Å²) < 4.78 is 11.1. The van der Waals surface area contributed by atoms with Gasteiger partial charge in [0.05, 0.1) is 12.5 Å². The molecule has 1 aliphatic heterocycles. The molecule has 1 aromatic carbocycles. The minimum Gasteiger partial charge on any atom is -0.493 e. The van der Waals surface area contributed by atoms with Crippen LogP contribution < -0.4 is 10.1 Å². The quantitative estimate of drug-likeness (QED) is 0.915. The Morgan fingerprint density at radius 2 is 2.38 bits per heavy atom. The first-order valence-corrected chi connectivity index (χ1v) is 7.54. The Balaban J connectivity index is 1.50. The van der Waals surface area contributed by atoms with Gasteiger partial charge in [0.1, 0.15) is 5.75 Å². The molecule has 5 heteroatoms. The van der Waals surface area contributed by atoms with Crippen molar-refractivity contribution in [2.75, 3.05) is 19.7 Å². The van der Waals surface area contributed by atoms with Gasteiger partial charge in [-0.15, -0.1) is 0 Å². The number of ether oxygens (including phenoxy) is 1. The first-order valence-electron chi connectivity index (χ1n) is 7.54. The summed E-state index contributed by atoms with van der Waals surface area (Å²) in [5, 5.41) is 7.41. The number of rotatable bonds is 5. The van der Waals surface area contributed by atoms with Crippen molar-refractivity contribution < 1.29 is 9.26 Å². The van der Waals surface area contributed by atoms with Gasteiger partial charge in [-0.2, -0.15) is 4.98 Å². The van der Waals surface area contributed by atoms with Crippen LogP contribution in [0.3, 0.4) is 0 Å². The first-order chi connectivity index (χ1) is 10.3. The predicted molar refractivity (Wildman–Crippen MR) is 79.5 cm³/mol. The molecule has 21 heavy (non-hydrogen) atoms. The van der Waals surface area contributed by atoms with E-state index in [-0.39, 0.29) is 0 Å². The van der Waals surface area contributed by atoms with Gasteiger partial charge < -0.3 is 14.6 Å². The molecule has 1 atom stereocenters. The fourth-order valence-electron chi connectivity index (χ4n) is 2.56. The number of nitrogens with zero attached hydrogens (tertiary/aromatic N) is 2. The van der Waals surface area contributed by atoms with Gasteiger partial charge >= 0.3 is 0 Å². The molecule has 2 heterocycles. The van der Waals surface area contributed by atoms with Gasteiger partial charge in [0.15, 0.2) is 5.82 Å². The second kappa shape index (κ2) is 6.72. The van der Waals surface area contributed by atoms with Gasteiger partial charge in [-0.1, -0.05) is 17.3 Å². The number of nitrogens with one attached hydrogen (secondary N) is 1. The average molecular weight is 287 g/mol. The standard InChI is InChI=1S/C16H21N3O2/c1-12-4-2-6-14(10-12)20-9-7-15-18-16(21-19-15)13-5-3-8-17-11-13/h2,4,6,10,13,17H,3,5,7-9,11H2,1H3. The zero-order valence-electron chi connectivity index (χ0n) is 12.3. The maximum absolute atomic E-state index is 5.71. The number of benzene rings is 1. The number of piperidine rings is 1. The Bertz CT molecular complexity index is 576. The van der Waals surface area contributed by atoms with Crippen LogP contribution in [-0.2, 0) is 6.42 Å². The molecule has 3 rings (SSSR count). The summed E-state index contributed by atoms with van der Waals surface area (Å²) in [6.07, 6.45) is 2.95. The van der Waals surface area contributed by atoms with Crippen molar-refractivity contribution in [1.82, 2.24) is 15.5 Å². The van der Waals surface area contributed by atoms with Gasteiger partial charge in [-0.05, 0) is 44.0 Å². The zero-order valence-corrected chi connectivity index (χ0v) is 12.3. The predicted octanol–water partition coefficient (Wildman–Crippen LogP) is 2.47. The molecule has 5 nitrogen and oxygen atoms in total. The Hall–Kier alpha value is -1.88. The van der Waals surface area contributed by atoms with Gasteiger partial charge in [0.2, 0.25) is 5.89 Å². The van der Waals surface area contributed by atoms with Crippen molar-refractivity contribution in [2.24, 2.45) is 0 Å². The molecule has 2 aromatic rings. The minimum atomic E-state index is 0.359. The van der Waals surface area contributed by atoms with Gasteiger partial charge in [0.25, 0.3) is 0 Å².